The Morgan fingerprint density at radius 2 is 1.92 bits per heavy atom. The van der Waals surface area contributed by atoms with Crippen molar-refractivity contribution in [2.75, 3.05) is 6.54 Å². The highest BCUT2D eigenvalue weighted by Gasteiger charge is 2.16. The van der Waals surface area contributed by atoms with Crippen molar-refractivity contribution in [2.45, 2.75) is 11.5 Å². The van der Waals surface area contributed by atoms with E-state index in [1.165, 1.54) is 36.4 Å². The first-order valence-corrected chi connectivity index (χ1v) is 9.19. The predicted octanol–water partition coefficient (Wildman–Crippen LogP) is 2.48. The molecule has 25 heavy (non-hydrogen) atoms. The fourth-order valence-electron chi connectivity index (χ4n) is 1.79. The van der Waals surface area contributed by atoms with Crippen LogP contribution in [0.5, 0.6) is 0 Å². The van der Waals surface area contributed by atoms with Crippen molar-refractivity contribution in [1.82, 2.24) is 4.72 Å². The fourth-order valence-corrected chi connectivity index (χ4v) is 3.10. The summed E-state index contributed by atoms with van der Waals surface area (Å²) >= 11 is 3.11. The lowest BCUT2D eigenvalue weighted by Crippen LogP contribution is -2.30. The minimum Gasteiger partial charge on any atom is -0.460 e. The molecule has 0 saturated carbocycles. The molecule has 1 N–H and O–H groups in total. The third kappa shape index (κ3) is 5.35. The molecule has 6 nitrogen and oxygen atoms in total. The van der Waals surface area contributed by atoms with Crippen LogP contribution in [0.4, 0.5) is 4.39 Å². The zero-order valence-corrected chi connectivity index (χ0v) is 15.1. The standard InChI is InChI=1S/C16H12BrFN2O4S/c17-13-4-3-12(15(18)7-13)10-24-16(21)9-20-25(22,23)14-5-1-11(8-19)2-6-14/h1-7,20H,9-10H2. The molecule has 0 aliphatic heterocycles. The lowest BCUT2D eigenvalue weighted by Gasteiger charge is -2.08. The average molecular weight is 427 g/mol. The number of rotatable bonds is 6. The number of nitriles is 1. The number of hydrogen-bond donors (Lipinski definition) is 1. The summed E-state index contributed by atoms with van der Waals surface area (Å²) in [5.74, 6) is -1.39. The molecular weight excluding hydrogens is 415 g/mol. The number of carbonyl (C=O) groups is 1. The van der Waals surface area contributed by atoms with Gasteiger partial charge in [-0.15, -0.1) is 0 Å². The van der Waals surface area contributed by atoms with Crippen LogP contribution in [0, 0.1) is 17.1 Å². The van der Waals surface area contributed by atoms with E-state index in [0.29, 0.717) is 10.0 Å². The first-order valence-electron chi connectivity index (χ1n) is 6.91. The van der Waals surface area contributed by atoms with Gasteiger partial charge in [-0.3, -0.25) is 4.79 Å². The summed E-state index contributed by atoms with van der Waals surface area (Å²) in [6, 6.07) is 11.4. The van der Waals surface area contributed by atoms with E-state index in [9.17, 15) is 17.6 Å². The number of hydrogen-bond acceptors (Lipinski definition) is 5. The molecule has 0 bridgehead atoms. The predicted molar refractivity (Wildman–Crippen MR) is 90.2 cm³/mol. The van der Waals surface area contributed by atoms with E-state index < -0.39 is 28.4 Å². The molecule has 0 aliphatic carbocycles. The van der Waals surface area contributed by atoms with E-state index in [1.807, 2.05) is 6.07 Å². The average Bonchev–Trinajstić information content (AvgIpc) is 2.59. The van der Waals surface area contributed by atoms with Crippen molar-refractivity contribution >= 4 is 31.9 Å². The van der Waals surface area contributed by atoms with E-state index in [0.717, 1.165) is 0 Å². The van der Waals surface area contributed by atoms with Gasteiger partial charge in [0.25, 0.3) is 0 Å². The van der Waals surface area contributed by atoms with Gasteiger partial charge in [0.1, 0.15) is 19.0 Å². The topological polar surface area (TPSA) is 96.3 Å². The van der Waals surface area contributed by atoms with E-state index in [4.69, 9.17) is 10.00 Å². The van der Waals surface area contributed by atoms with E-state index in [-0.39, 0.29) is 17.1 Å². The zero-order chi connectivity index (χ0) is 18.4. The van der Waals surface area contributed by atoms with Gasteiger partial charge in [0, 0.05) is 10.0 Å². The Hall–Kier alpha value is -2.28. The van der Waals surface area contributed by atoms with Crippen LogP contribution in [0.2, 0.25) is 0 Å². The molecule has 0 aromatic heterocycles. The second kappa shape index (κ2) is 8.20. The lowest BCUT2D eigenvalue weighted by molar-refractivity contribution is -0.143. The molecule has 0 atom stereocenters. The molecule has 9 heteroatoms. The molecule has 0 aliphatic rings. The molecule has 0 amide bonds. The van der Waals surface area contributed by atoms with Gasteiger partial charge in [0.15, 0.2) is 0 Å². The minimum absolute atomic E-state index is 0.0849. The third-order valence-corrected chi connectivity index (χ3v) is 5.01. The van der Waals surface area contributed by atoms with Gasteiger partial charge in [-0.1, -0.05) is 22.0 Å². The monoisotopic (exact) mass is 426 g/mol. The van der Waals surface area contributed by atoms with Crippen LogP contribution in [0.25, 0.3) is 0 Å². The number of halogens is 2. The second-order valence-corrected chi connectivity index (χ2v) is 7.54. The van der Waals surface area contributed by atoms with E-state index in [2.05, 4.69) is 20.7 Å². The van der Waals surface area contributed by atoms with Crippen molar-refractivity contribution in [2.24, 2.45) is 0 Å². The molecule has 0 unspecified atom stereocenters. The van der Waals surface area contributed by atoms with Crippen molar-refractivity contribution < 1.29 is 22.3 Å². The maximum absolute atomic E-state index is 13.6. The number of sulfonamides is 1. The molecule has 0 saturated heterocycles. The molecule has 2 aromatic rings. The Morgan fingerprint density at radius 1 is 1.24 bits per heavy atom. The fraction of sp³-hybridized carbons (Fsp3) is 0.125. The van der Waals surface area contributed by atoms with Crippen molar-refractivity contribution in [3.05, 3.63) is 63.9 Å². The maximum atomic E-state index is 13.6. The number of carbonyl (C=O) groups excluding carboxylic acids is 1. The first-order chi connectivity index (χ1) is 11.8. The van der Waals surface area contributed by atoms with Crippen molar-refractivity contribution in [3.63, 3.8) is 0 Å². The number of esters is 1. The molecule has 0 spiro atoms. The zero-order valence-electron chi connectivity index (χ0n) is 12.7. The SMILES string of the molecule is N#Cc1ccc(S(=O)(=O)NCC(=O)OCc2ccc(Br)cc2F)cc1. The van der Waals surface area contributed by atoms with Gasteiger partial charge in [-0.2, -0.15) is 9.98 Å². The summed E-state index contributed by atoms with van der Waals surface area (Å²) in [6.07, 6.45) is 0. The van der Waals surface area contributed by atoms with E-state index in [1.54, 1.807) is 6.07 Å². The highest BCUT2D eigenvalue weighted by molar-refractivity contribution is 9.10. The van der Waals surface area contributed by atoms with Gasteiger partial charge in [-0.05, 0) is 36.4 Å². The number of nitrogens with one attached hydrogen (secondary N) is 1. The van der Waals surface area contributed by atoms with Gasteiger partial charge in [0.05, 0.1) is 16.5 Å². The summed E-state index contributed by atoms with van der Waals surface area (Å²) in [7, 11) is -3.92. The number of nitrogens with zero attached hydrogens (tertiary/aromatic N) is 1. The summed E-state index contributed by atoms with van der Waals surface area (Å²) in [6.45, 7) is -0.906. The van der Waals surface area contributed by atoms with Gasteiger partial charge >= 0.3 is 5.97 Å². The Kier molecular flexibility index (Phi) is 6.25. The maximum Gasteiger partial charge on any atom is 0.321 e. The Morgan fingerprint density at radius 3 is 2.52 bits per heavy atom. The van der Waals surface area contributed by atoms with Gasteiger partial charge < -0.3 is 4.74 Å². The molecule has 0 heterocycles. The van der Waals surface area contributed by atoms with Crippen molar-refractivity contribution in [3.8, 4) is 6.07 Å². The molecule has 130 valence electrons. The van der Waals surface area contributed by atoms with Crippen LogP contribution in [0.1, 0.15) is 11.1 Å². The van der Waals surface area contributed by atoms with Crippen LogP contribution in [-0.2, 0) is 26.2 Å². The summed E-state index contributed by atoms with van der Waals surface area (Å²) in [5.41, 5.74) is 0.487. The largest absolute Gasteiger partial charge is 0.460 e. The summed E-state index contributed by atoms with van der Waals surface area (Å²) < 4.78 is 45.2. The molecular formula is C16H12BrFN2O4S. The summed E-state index contributed by atoms with van der Waals surface area (Å²) in [4.78, 5) is 11.6. The second-order valence-electron chi connectivity index (χ2n) is 4.86. The Bertz CT molecular complexity index is 924. The third-order valence-electron chi connectivity index (χ3n) is 3.10. The highest BCUT2D eigenvalue weighted by atomic mass is 79.9. The minimum atomic E-state index is -3.92. The molecule has 0 fully saturated rings. The molecule has 2 rings (SSSR count). The Balaban J connectivity index is 1.91. The van der Waals surface area contributed by atoms with Crippen LogP contribution in [0.3, 0.4) is 0 Å². The smallest absolute Gasteiger partial charge is 0.321 e. The van der Waals surface area contributed by atoms with Crippen LogP contribution < -0.4 is 4.72 Å². The van der Waals surface area contributed by atoms with Gasteiger partial charge in [0.2, 0.25) is 10.0 Å². The summed E-state index contributed by atoms with van der Waals surface area (Å²) in [5, 5.41) is 8.69. The number of benzene rings is 2. The quantitative estimate of drug-likeness (QED) is 0.715. The van der Waals surface area contributed by atoms with Crippen LogP contribution >= 0.6 is 15.9 Å². The van der Waals surface area contributed by atoms with E-state index >= 15 is 0 Å². The highest BCUT2D eigenvalue weighted by Crippen LogP contribution is 2.16. The molecule has 2 aromatic carbocycles. The molecule has 0 radical (unpaired) electrons. The normalized spacial score (nSPS) is 10.9. The number of ether oxygens (including phenoxy) is 1. The van der Waals surface area contributed by atoms with Gasteiger partial charge in [-0.25, -0.2) is 12.8 Å². The Labute approximate surface area is 152 Å². The lowest BCUT2D eigenvalue weighted by atomic mass is 10.2. The van der Waals surface area contributed by atoms with Crippen LogP contribution in [0.15, 0.2) is 51.8 Å². The first kappa shape index (κ1) is 19.1. The van der Waals surface area contributed by atoms with Crippen LogP contribution in [-0.4, -0.2) is 20.9 Å². The van der Waals surface area contributed by atoms with Crippen molar-refractivity contribution in [1.29, 1.82) is 5.26 Å².